The molecule has 0 saturated carbocycles. The standard InChI is InChI=1S/C6H9ClO2.H3N/c1-5(2)6(8)9-4-3-7;/h1,3-4H2,2H3;1H3. The lowest BCUT2D eigenvalue weighted by Gasteiger charge is -1.98. The van der Waals surface area contributed by atoms with Gasteiger partial charge in [0.25, 0.3) is 0 Å². The SMILES string of the molecule is C=C(C)C(=O)OCCCl.N. The number of ether oxygens (including phenoxy) is 1. The van der Waals surface area contributed by atoms with E-state index >= 15 is 0 Å². The Hall–Kier alpha value is -0.540. The van der Waals surface area contributed by atoms with Gasteiger partial charge in [-0.3, -0.25) is 0 Å². The minimum Gasteiger partial charge on any atom is -0.461 e. The van der Waals surface area contributed by atoms with Crippen molar-refractivity contribution in [3.05, 3.63) is 12.2 Å². The summed E-state index contributed by atoms with van der Waals surface area (Å²) in [4.78, 5) is 10.5. The van der Waals surface area contributed by atoms with Gasteiger partial charge in [-0.2, -0.15) is 0 Å². The van der Waals surface area contributed by atoms with Crippen LogP contribution in [0.4, 0.5) is 0 Å². The van der Waals surface area contributed by atoms with Crippen LogP contribution in [0.3, 0.4) is 0 Å². The molecule has 0 amide bonds. The molecule has 0 aromatic rings. The predicted molar refractivity (Wildman–Crippen MR) is 41.5 cm³/mol. The van der Waals surface area contributed by atoms with Crippen molar-refractivity contribution in [1.82, 2.24) is 6.15 Å². The number of halogens is 1. The fraction of sp³-hybridized carbons (Fsp3) is 0.500. The van der Waals surface area contributed by atoms with Crippen LogP contribution in [0.5, 0.6) is 0 Å². The van der Waals surface area contributed by atoms with Gasteiger partial charge in [-0.15, -0.1) is 11.6 Å². The number of hydrogen-bond donors (Lipinski definition) is 1. The van der Waals surface area contributed by atoms with E-state index in [1.807, 2.05) is 0 Å². The highest BCUT2D eigenvalue weighted by Gasteiger charge is 1.99. The lowest BCUT2D eigenvalue weighted by Crippen LogP contribution is -2.06. The molecule has 0 aliphatic rings. The zero-order valence-electron chi connectivity index (χ0n) is 6.02. The zero-order valence-corrected chi connectivity index (χ0v) is 6.78. The van der Waals surface area contributed by atoms with Gasteiger partial charge in [-0.1, -0.05) is 6.58 Å². The molecule has 3 nitrogen and oxygen atoms in total. The minimum atomic E-state index is -0.379. The number of rotatable bonds is 3. The van der Waals surface area contributed by atoms with E-state index in [0.29, 0.717) is 11.5 Å². The van der Waals surface area contributed by atoms with Crippen LogP contribution in [0.1, 0.15) is 6.92 Å². The summed E-state index contributed by atoms with van der Waals surface area (Å²) < 4.78 is 4.58. The second-order valence-electron chi connectivity index (χ2n) is 1.61. The highest BCUT2D eigenvalue weighted by Crippen LogP contribution is 1.91. The second-order valence-corrected chi connectivity index (χ2v) is 1.98. The number of carbonyl (C=O) groups is 1. The zero-order chi connectivity index (χ0) is 7.28. The number of alkyl halides is 1. The topological polar surface area (TPSA) is 61.3 Å². The van der Waals surface area contributed by atoms with Crippen molar-refractivity contribution in [1.29, 1.82) is 0 Å². The van der Waals surface area contributed by atoms with Gasteiger partial charge in [-0.25, -0.2) is 4.79 Å². The quantitative estimate of drug-likeness (QED) is 0.392. The molecule has 0 unspecified atom stereocenters. The molecule has 4 heteroatoms. The van der Waals surface area contributed by atoms with Gasteiger partial charge in [0.05, 0.1) is 5.88 Å². The third-order valence-corrected chi connectivity index (χ3v) is 0.813. The Bertz CT molecular complexity index is 125. The fourth-order valence-corrected chi connectivity index (χ4v) is 0.332. The Morgan fingerprint density at radius 2 is 2.20 bits per heavy atom. The van der Waals surface area contributed by atoms with Gasteiger partial charge < -0.3 is 10.9 Å². The van der Waals surface area contributed by atoms with Crippen molar-refractivity contribution >= 4 is 17.6 Å². The van der Waals surface area contributed by atoms with Crippen molar-refractivity contribution in [3.63, 3.8) is 0 Å². The molecule has 0 radical (unpaired) electrons. The summed E-state index contributed by atoms with van der Waals surface area (Å²) in [6.45, 7) is 5.24. The Morgan fingerprint density at radius 3 is 2.50 bits per heavy atom. The molecular formula is C6H12ClNO2. The number of carbonyl (C=O) groups excluding carboxylic acids is 1. The van der Waals surface area contributed by atoms with Crippen molar-refractivity contribution in [2.45, 2.75) is 6.92 Å². The van der Waals surface area contributed by atoms with E-state index in [-0.39, 0.29) is 18.7 Å². The molecule has 0 rings (SSSR count). The van der Waals surface area contributed by atoms with E-state index < -0.39 is 0 Å². The second kappa shape index (κ2) is 6.58. The first-order valence-corrected chi connectivity index (χ1v) is 3.10. The average molecular weight is 166 g/mol. The summed E-state index contributed by atoms with van der Waals surface area (Å²) in [5.41, 5.74) is 0.403. The molecule has 60 valence electrons. The predicted octanol–water partition coefficient (Wildman–Crippen LogP) is 1.51. The van der Waals surface area contributed by atoms with Crippen LogP contribution in [0.15, 0.2) is 12.2 Å². The highest BCUT2D eigenvalue weighted by atomic mass is 35.5. The molecular weight excluding hydrogens is 154 g/mol. The summed E-state index contributed by atoms with van der Waals surface area (Å²) in [5, 5.41) is 0. The summed E-state index contributed by atoms with van der Waals surface area (Å²) in [6, 6.07) is 0. The van der Waals surface area contributed by atoms with E-state index in [1.165, 1.54) is 0 Å². The highest BCUT2D eigenvalue weighted by molar-refractivity contribution is 6.18. The van der Waals surface area contributed by atoms with Gasteiger partial charge in [-0.05, 0) is 6.92 Å². The molecule has 0 aromatic heterocycles. The number of hydrogen-bond acceptors (Lipinski definition) is 3. The molecule has 0 spiro atoms. The van der Waals surface area contributed by atoms with Crippen LogP contribution in [-0.2, 0) is 9.53 Å². The molecule has 0 aliphatic carbocycles. The molecule has 3 N–H and O–H groups in total. The van der Waals surface area contributed by atoms with Gasteiger partial charge >= 0.3 is 5.97 Å². The molecule has 0 heterocycles. The molecule has 0 saturated heterocycles. The first-order chi connectivity index (χ1) is 4.18. The van der Waals surface area contributed by atoms with Gasteiger partial charge in [0.2, 0.25) is 0 Å². The number of esters is 1. The van der Waals surface area contributed by atoms with Gasteiger partial charge in [0, 0.05) is 5.57 Å². The Morgan fingerprint density at radius 1 is 1.70 bits per heavy atom. The minimum absolute atomic E-state index is 0. The lowest BCUT2D eigenvalue weighted by molar-refractivity contribution is -0.138. The van der Waals surface area contributed by atoms with Crippen molar-refractivity contribution in [2.24, 2.45) is 0 Å². The lowest BCUT2D eigenvalue weighted by atomic mass is 10.4. The van der Waals surface area contributed by atoms with Crippen LogP contribution in [0.2, 0.25) is 0 Å². The fourth-order valence-electron chi connectivity index (χ4n) is 0.254. The van der Waals surface area contributed by atoms with Crippen LogP contribution in [0, 0.1) is 0 Å². The van der Waals surface area contributed by atoms with E-state index in [0.717, 1.165) is 0 Å². The first kappa shape index (κ1) is 12.2. The van der Waals surface area contributed by atoms with Crippen LogP contribution < -0.4 is 6.15 Å². The largest absolute Gasteiger partial charge is 0.461 e. The Kier molecular flexibility index (Phi) is 8.00. The monoisotopic (exact) mass is 165 g/mol. The maximum Gasteiger partial charge on any atom is 0.333 e. The average Bonchev–Trinajstić information content (AvgIpc) is 1.82. The summed E-state index contributed by atoms with van der Waals surface area (Å²) >= 11 is 5.24. The molecule has 10 heavy (non-hydrogen) atoms. The van der Waals surface area contributed by atoms with E-state index in [2.05, 4.69) is 11.3 Å². The molecule has 0 aliphatic heterocycles. The third kappa shape index (κ3) is 5.59. The Labute approximate surface area is 65.6 Å². The smallest absolute Gasteiger partial charge is 0.333 e. The van der Waals surface area contributed by atoms with Gasteiger partial charge in [0.15, 0.2) is 0 Å². The first-order valence-electron chi connectivity index (χ1n) is 2.57. The van der Waals surface area contributed by atoms with E-state index in [1.54, 1.807) is 6.92 Å². The van der Waals surface area contributed by atoms with Crippen molar-refractivity contribution < 1.29 is 9.53 Å². The van der Waals surface area contributed by atoms with Crippen LogP contribution in [-0.4, -0.2) is 18.5 Å². The molecule has 0 fully saturated rings. The third-order valence-electron chi connectivity index (χ3n) is 0.659. The summed E-state index contributed by atoms with van der Waals surface area (Å²) in [5.74, 6) is -0.0467. The Balaban J connectivity index is 0. The van der Waals surface area contributed by atoms with Gasteiger partial charge in [0.1, 0.15) is 6.61 Å². The summed E-state index contributed by atoms with van der Waals surface area (Å²) in [6.07, 6.45) is 0. The maximum absolute atomic E-state index is 10.5. The van der Waals surface area contributed by atoms with E-state index in [4.69, 9.17) is 11.6 Å². The summed E-state index contributed by atoms with van der Waals surface area (Å²) in [7, 11) is 0. The normalized spacial score (nSPS) is 7.80. The van der Waals surface area contributed by atoms with Crippen molar-refractivity contribution in [3.8, 4) is 0 Å². The molecule has 0 atom stereocenters. The maximum atomic E-state index is 10.5. The van der Waals surface area contributed by atoms with Crippen molar-refractivity contribution in [2.75, 3.05) is 12.5 Å². The van der Waals surface area contributed by atoms with E-state index in [9.17, 15) is 4.79 Å². The van der Waals surface area contributed by atoms with Crippen LogP contribution >= 0.6 is 11.6 Å². The molecule has 0 aromatic carbocycles. The van der Waals surface area contributed by atoms with Crippen LogP contribution in [0.25, 0.3) is 0 Å². The molecule has 0 bridgehead atoms.